The second-order valence-corrected chi connectivity index (χ2v) is 6.34. The summed E-state index contributed by atoms with van der Waals surface area (Å²) in [7, 11) is 1.64. The van der Waals surface area contributed by atoms with E-state index in [9.17, 15) is 4.79 Å². The van der Waals surface area contributed by atoms with Crippen molar-refractivity contribution in [3.63, 3.8) is 0 Å². The molecule has 1 aliphatic heterocycles. The number of thiophene rings is 1. The molecule has 0 saturated carbocycles. The first-order chi connectivity index (χ1) is 10.8. The van der Waals surface area contributed by atoms with Gasteiger partial charge in [0.25, 0.3) is 0 Å². The van der Waals surface area contributed by atoms with Crippen LogP contribution < -0.4 is 5.32 Å². The molecule has 0 aliphatic carbocycles. The number of ether oxygens (including phenoxy) is 1. The molecule has 0 radical (unpaired) electrons. The van der Waals surface area contributed by atoms with E-state index in [1.807, 2.05) is 17.0 Å². The van der Waals surface area contributed by atoms with Gasteiger partial charge in [0.15, 0.2) is 0 Å². The van der Waals surface area contributed by atoms with Gasteiger partial charge in [0, 0.05) is 25.1 Å². The number of carbonyl (C=O) groups is 1. The molecule has 0 bridgehead atoms. The topological polar surface area (TPSA) is 54.7 Å². The molecule has 2 aromatic rings. The number of furan rings is 1. The summed E-state index contributed by atoms with van der Waals surface area (Å²) in [5.41, 5.74) is 1.28. The fourth-order valence-corrected chi connectivity index (χ4v) is 3.57. The van der Waals surface area contributed by atoms with Crippen molar-refractivity contribution in [2.24, 2.45) is 0 Å². The molecular formula is C16H20N2O3S. The van der Waals surface area contributed by atoms with Gasteiger partial charge in [0.1, 0.15) is 5.76 Å². The number of nitrogens with zero attached hydrogens (tertiary/aromatic N) is 1. The van der Waals surface area contributed by atoms with E-state index in [0.717, 1.165) is 25.3 Å². The predicted octanol–water partition coefficient (Wildman–Crippen LogP) is 2.20. The number of rotatable bonds is 6. The van der Waals surface area contributed by atoms with Crippen LogP contribution >= 0.6 is 11.3 Å². The monoisotopic (exact) mass is 320 g/mol. The van der Waals surface area contributed by atoms with E-state index in [-0.39, 0.29) is 18.5 Å². The Hall–Kier alpha value is -1.63. The number of fused-ring (bicyclic) bond motifs is 1. The molecule has 6 heteroatoms. The van der Waals surface area contributed by atoms with Crippen molar-refractivity contribution in [2.75, 3.05) is 26.8 Å². The van der Waals surface area contributed by atoms with Gasteiger partial charge >= 0.3 is 0 Å². The minimum atomic E-state index is -0.106. The third kappa shape index (κ3) is 3.40. The molecule has 1 amide bonds. The third-order valence-corrected chi connectivity index (χ3v) is 4.90. The zero-order chi connectivity index (χ0) is 15.4. The normalized spacial score (nSPS) is 15.6. The first-order valence-corrected chi connectivity index (χ1v) is 8.24. The third-order valence-electron chi connectivity index (χ3n) is 3.88. The van der Waals surface area contributed by atoms with Gasteiger partial charge in [-0.05, 0) is 35.6 Å². The zero-order valence-electron chi connectivity index (χ0n) is 12.6. The first kappa shape index (κ1) is 15.3. The van der Waals surface area contributed by atoms with Crippen LogP contribution in [0.1, 0.15) is 22.2 Å². The molecule has 0 saturated heterocycles. The van der Waals surface area contributed by atoms with E-state index in [2.05, 4.69) is 16.8 Å². The highest BCUT2D eigenvalue weighted by molar-refractivity contribution is 7.10. The Morgan fingerprint density at radius 2 is 2.45 bits per heavy atom. The van der Waals surface area contributed by atoms with Gasteiger partial charge < -0.3 is 14.1 Å². The molecule has 1 atom stereocenters. The highest BCUT2D eigenvalue weighted by Gasteiger charge is 2.22. The minimum Gasteiger partial charge on any atom is -0.468 e. The molecule has 3 heterocycles. The summed E-state index contributed by atoms with van der Waals surface area (Å²) < 4.78 is 10.6. The summed E-state index contributed by atoms with van der Waals surface area (Å²) in [4.78, 5) is 15.7. The van der Waals surface area contributed by atoms with Crippen molar-refractivity contribution in [3.05, 3.63) is 46.0 Å². The number of nitrogens with one attached hydrogen (secondary N) is 1. The largest absolute Gasteiger partial charge is 0.468 e. The number of hydrogen-bond donors (Lipinski definition) is 1. The molecule has 5 nitrogen and oxygen atoms in total. The minimum absolute atomic E-state index is 0.106. The highest BCUT2D eigenvalue weighted by Crippen LogP contribution is 2.24. The van der Waals surface area contributed by atoms with Gasteiger partial charge in [-0.2, -0.15) is 0 Å². The average Bonchev–Trinajstić information content (AvgIpc) is 3.21. The van der Waals surface area contributed by atoms with Gasteiger partial charge in [-0.25, -0.2) is 0 Å². The molecule has 0 spiro atoms. The van der Waals surface area contributed by atoms with Crippen LogP contribution in [-0.4, -0.2) is 37.6 Å². The molecule has 22 heavy (non-hydrogen) atoms. The number of methoxy groups -OCH3 is 1. The molecule has 0 aromatic carbocycles. The lowest BCUT2D eigenvalue weighted by atomic mass is 10.1. The van der Waals surface area contributed by atoms with Crippen LogP contribution in [0.25, 0.3) is 0 Å². The van der Waals surface area contributed by atoms with Gasteiger partial charge in [-0.15, -0.1) is 11.3 Å². The maximum atomic E-state index is 12.4. The molecule has 2 aromatic heterocycles. The Kier molecular flexibility index (Phi) is 4.92. The van der Waals surface area contributed by atoms with Crippen LogP contribution in [0.3, 0.4) is 0 Å². The quantitative estimate of drug-likeness (QED) is 0.886. The summed E-state index contributed by atoms with van der Waals surface area (Å²) in [6.45, 7) is 2.27. The summed E-state index contributed by atoms with van der Waals surface area (Å²) in [5.74, 6) is 0.901. The van der Waals surface area contributed by atoms with Crippen LogP contribution in [0, 0.1) is 0 Å². The van der Waals surface area contributed by atoms with E-state index in [1.165, 1.54) is 10.4 Å². The maximum absolute atomic E-state index is 12.4. The summed E-state index contributed by atoms with van der Waals surface area (Å²) in [6.07, 6.45) is 2.59. The Labute approximate surface area is 133 Å². The van der Waals surface area contributed by atoms with E-state index < -0.39 is 0 Å². The predicted molar refractivity (Wildman–Crippen MR) is 84.8 cm³/mol. The van der Waals surface area contributed by atoms with E-state index in [0.29, 0.717) is 6.61 Å². The molecule has 118 valence electrons. The van der Waals surface area contributed by atoms with Crippen molar-refractivity contribution in [1.29, 1.82) is 0 Å². The van der Waals surface area contributed by atoms with Crippen molar-refractivity contribution >= 4 is 17.2 Å². The Morgan fingerprint density at radius 1 is 1.55 bits per heavy atom. The Morgan fingerprint density at radius 3 is 3.23 bits per heavy atom. The number of carbonyl (C=O) groups excluding carboxylic acids is 1. The summed E-state index contributed by atoms with van der Waals surface area (Å²) in [6, 6.07) is 5.73. The van der Waals surface area contributed by atoms with Crippen molar-refractivity contribution in [2.45, 2.75) is 19.0 Å². The van der Waals surface area contributed by atoms with Crippen LogP contribution in [0.5, 0.6) is 0 Å². The van der Waals surface area contributed by atoms with Crippen LogP contribution in [0.4, 0.5) is 0 Å². The lowest BCUT2D eigenvalue weighted by molar-refractivity contribution is -0.131. The van der Waals surface area contributed by atoms with Crippen molar-refractivity contribution in [3.8, 4) is 0 Å². The molecule has 1 aliphatic rings. The van der Waals surface area contributed by atoms with Crippen molar-refractivity contribution < 1.29 is 13.9 Å². The van der Waals surface area contributed by atoms with Gasteiger partial charge in [-0.3, -0.25) is 10.1 Å². The lowest BCUT2D eigenvalue weighted by Gasteiger charge is -2.28. The highest BCUT2D eigenvalue weighted by atomic mass is 32.1. The van der Waals surface area contributed by atoms with Crippen molar-refractivity contribution in [1.82, 2.24) is 10.2 Å². The Balaban J connectivity index is 1.55. The lowest BCUT2D eigenvalue weighted by Crippen LogP contribution is -2.42. The molecule has 3 rings (SSSR count). The molecule has 1 N–H and O–H groups in total. The summed E-state index contributed by atoms with van der Waals surface area (Å²) in [5, 5.41) is 5.33. The fourth-order valence-electron chi connectivity index (χ4n) is 2.68. The molecular weight excluding hydrogens is 300 g/mol. The average molecular weight is 320 g/mol. The van der Waals surface area contributed by atoms with Crippen LogP contribution in [0.2, 0.25) is 0 Å². The van der Waals surface area contributed by atoms with Gasteiger partial charge in [0.05, 0.1) is 25.5 Å². The van der Waals surface area contributed by atoms with E-state index in [4.69, 9.17) is 9.15 Å². The first-order valence-electron chi connectivity index (χ1n) is 7.36. The van der Waals surface area contributed by atoms with Gasteiger partial charge in [0.2, 0.25) is 5.91 Å². The summed E-state index contributed by atoms with van der Waals surface area (Å²) >= 11 is 1.78. The maximum Gasteiger partial charge on any atom is 0.236 e. The molecule has 0 fully saturated rings. The standard InChI is InChI=1S/C16H20N2O3S/c1-20-11-13(14-3-2-7-21-14)17-9-16(19)18-6-4-15-12(10-18)5-8-22-15/h2-3,5,7-8,13,17H,4,6,9-11H2,1H3/t13-/m1/s1. The zero-order valence-corrected chi connectivity index (χ0v) is 13.4. The fraction of sp³-hybridized carbons (Fsp3) is 0.438. The Bertz CT molecular complexity index is 609. The molecule has 0 unspecified atom stereocenters. The van der Waals surface area contributed by atoms with E-state index >= 15 is 0 Å². The van der Waals surface area contributed by atoms with Crippen LogP contribution in [-0.2, 0) is 22.5 Å². The van der Waals surface area contributed by atoms with E-state index in [1.54, 1.807) is 24.7 Å². The smallest absolute Gasteiger partial charge is 0.236 e. The number of hydrogen-bond acceptors (Lipinski definition) is 5. The van der Waals surface area contributed by atoms with Crippen LogP contribution in [0.15, 0.2) is 34.3 Å². The SMILES string of the molecule is COC[C@@H](NCC(=O)N1CCc2sccc2C1)c1ccco1. The second-order valence-electron chi connectivity index (χ2n) is 5.34. The van der Waals surface area contributed by atoms with Gasteiger partial charge in [-0.1, -0.05) is 0 Å². The number of amides is 1. The second kappa shape index (κ2) is 7.09.